The van der Waals surface area contributed by atoms with E-state index in [0.717, 1.165) is 42.4 Å². The molecule has 0 saturated carbocycles. The maximum atomic E-state index is 11.5. The topological polar surface area (TPSA) is 242 Å². The van der Waals surface area contributed by atoms with Gasteiger partial charge in [0, 0.05) is 38.7 Å². The van der Waals surface area contributed by atoms with E-state index in [0.29, 0.717) is 38.1 Å². The first-order valence-electron chi connectivity index (χ1n) is 16.0. The highest BCUT2D eigenvalue weighted by atomic mass is 16.5. The Morgan fingerprint density at radius 1 is 0.660 bits per heavy atom. The number of aliphatic hydroxyl groups excluding tert-OH is 3. The number of carboxylic acid groups (broad SMARTS) is 1. The van der Waals surface area contributed by atoms with Gasteiger partial charge in [0.1, 0.15) is 11.5 Å². The molecule has 0 aliphatic carbocycles. The van der Waals surface area contributed by atoms with Crippen LogP contribution in [0.2, 0.25) is 0 Å². The fraction of sp³-hybridized carbons (Fsp3) is 0.394. The van der Waals surface area contributed by atoms with Gasteiger partial charge in [0.25, 0.3) is 0 Å². The second-order valence-electron chi connectivity index (χ2n) is 9.67. The maximum absolute atomic E-state index is 11.5. The summed E-state index contributed by atoms with van der Waals surface area (Å²) in [6.45, 7) is 1.07. The number of esters is 1. The molecule has 5 N–H and O–H groups in total. The van der Waals surface area contributed by atoms with Crippen molar-refractivity contribution in [2.45, 2.75) is 71.2 Å². The minimum Gasteiger partial charge on any atom is -0.508 e. The number of phenolic OH excluding ortho intramolecular Hbond substituents is 1. The molecule has 47 heavy (non-hydrogen) atoms. The molecule has 0 atom stereocenters. The predicted molar refractivity (Wildman–Crippen MR) is 179 cm³/mol. The van der Waals surface area contributed by atoms with E-state index in [-0.39, 0.29) is 38.0 Å². The fourth-order valence-electron chi connectivity index (χ4n) is 3.38. The van der Waals surface area contributed by atoms with E-state index < -0.39 is 5.97 Å². The van der Waals surface area contributed by atoms with Crippen molar-refractivity contribution in [3.63, 3.8) is 0 Å². The van der Waals surface area contributed by atoms with E-state index in [1.165, 1.54) is 0 Å². The molecule has 3 aromatic carbocycles. The molecule has 0 unspecified atom stereocenters. The Balaban J connectivity index is 0. The van der Waals surface area contributed by atoms with E-state index in [2.05, 4.69) is 20.1 Å². The quantitative estimate of drug-likeness (QED) is 0.0262. The van der Waals surface area contributed by atoms with Gasteiger partial charge in [-0.25, -0.2) is 0 Å². The number of hydrogen-bond donors (Lipinski definition) is 5. The Morgan fingerprint density at radius 2 is 1.11 bits per heavy atom. The lowest BCUT2D eigenvalue weighted by Crippen LogP contribution is -2.07. The van der Waals surface area contributed by atoms with Gasteiger partial charge in [-0.2, -0.15) is 0 Å². The van der Waals surface area contributed by atoms with Crippen LogP contribution in [-0.4, -0.2) is 50.6 Å². The van der Waals surface area contributed by atoms with Crippen LogP contribution in [0, 0.1) is 0 Å². The average molecular weight is 659 g/mol. The van der Waals surface area contributed by atoms with Crippen LogP contribution >= 0.6 is 0 Å². The summed E-state index contributed by atoms with van der Waals surface area (Å²) in [6.07, 6.45) is 5.13. The lowest BCUT2D eigenvalue weighted by Gasteiger charge is -2.04. The highest BCUT2D eigenvalue weighted by molar-refractivity contribution is 5.72. The van der Waals surface area contributed by atoms with Gasteiger partial charge in [0.2, 0.25) is 0 Å². The Kier molecular flexibility index (Phi) is 25.1. The van der Waals surface area contributed by atoms with E-state index in [1.807, 2.05) is 30.3 Å². The van der Waals surface area contributed by atoms with E-state index in [4.69, 9.17) is 44.3 Å². The minimum absolute atomic E-state index is 0.0281. The number of ether oxygens (including phenoxy) is 1. The highest BCUT2D eigenvalue weighted by Crippen LogP contribution is 2.14. The number of carbonyl (C=O) groups is 2. The number of unbranched alkanes of at least 4 members (excludes halogenated alkanes) is 4. The van der Waals surface area contributed by atoms with Gasteiger partial charge in [0.05, 0.1) is 19.8 Å². The van der Waals surface area contributed by atoms with Gasteiger partial charge >= 0.3 is 11.9 Å². The first-order chi connectivity index (χ1) is 23.8. The first kappa shape index (κ1) is 39.9. The van der Waals surface area contributed by atoms with Crippen molar-refractivity contribution in [1.29, 1.82) is 0 Å². The third-order valence-corrected chi connectivity index (χ3v) is 5.90. The Morgan fingerprint density at radius 3 is 1.53 bits per heavy atom. The number of hydrogen-bond acceptors (Lipinski definition) is 9. The molecule has 0 aliphatic rings. The minimum atomic E-state index is -0.770. The third-order valence-electron chi connectivity index (χ3n) is 5.90. The fourth-order valence-corrected chi connectivity index (χ4v) is 3.38. The smallest absolute Gasteiger partial charge is 0.311 e. The summed E-state index contributed by atoms with van der Waals surface area (Å²) in [7, 11) is 0. The first-order valence-corrected chi connectivity index (χ1v) is 15.0. The van der Waals surface area contributed by atoms with Gasteiger partial charge in [-0.05, 0) is 77.7 Å². The number of carbonyl (C=O) groups excluding carboxylic acids is 1. The van der Waals surface area contributed by atoms with Gasteiger partial charge in [-0.3, -0.25) is 9.59 Å². The molecule has 0 radical (unpaired) electrons. The van der Waals surface area contributed by atoms with Gasteiger partial charge < -0.3 is 30.3 Å². The number of nitrogens with zero attached hydrogens (tertiary/aromatic N) is 6. The number of phenols is 1. The largest absolute Gasteiger partial charge is 0.508 e. The number of azide groups is 2. The zero-order valence-electron chi connectivity index (χ0n) is 28.3. The molecule has 3 rings (SSSR count). The molecule has 0 amide bonds. The highest BCUT2D eigenvalue weighted by Gasteiger charge is 2.04. The molecule has 3 aromatic rings. The Bertz CT molecular complexity index is 1340. The number of benzene rings is 3. The number of aromatic hydroxyl groups is 1. The summed E-state index contributed by atoms with van der Waals surface area (Å²) in [5, 5.41) is 49.7. The molecule has 0 aliphatic heterocycles. The van der Waals surface area contributed by atoms with Crippen molar-refractivity contribution in [2.24, 2.45) is 10.2 Å². The van der Waals surface area contributed by atoms with Crippen LogP contribution in [0.25, 0.3) is 20.9 Å². The van der Waals surface area contributed by atoms with E-state index >= 15 is 0 Å². The normalized spacial score (nSPS) is 9.51. The summed E-state index contributed by atoms with van der Waals surface area (Å²) in [6, 6.07) is 22.7. The maximum Gasteiger partial charge on any atom is 0.311 e. The zero-order valence-corrected chi connectivity index (χ0v) is 26.3. The molecule has 0 heterocycles. The van der Waals surface area contributed by atoms with Gasteiger partial charge in [-0.1, -0.05) is 77.7 Å². The lowest BCUT2D eigenvalue weighted by molar-refractivity contribution is -0.137. The number of rotatable bonds is 16. The number of carboxylic acids is 1. The van der Waals surface area contributed by atoms with Crippen LogP contribution in [-0.2, 0) is 29.4 Å². The summed E-state index contributed by atoms with van der Waals surface area (Å²) in [5.74, 6) is -0.335. The number of aliphatic carboxylic acids is 1. The van der Waals surface area contributed by atoms with Gasteiger partial charge in [0.15, 0.2) is 0 Å². The average Bonchev–Trinajstić information content (AvgIpc) is 3.14. The molecule has 0 fully saturated rings. The lowest BCUT2D eigenvalue weighted by atomic mass is 10.2. The SMILES string of the molecule is OCc1ccc(O)cc1.OCc1ccccc1.[3H][3H].[N-]=[N+]=NCCCCCC(=O)O.[N-]=[N+]=NCCCCCC(=O)Oc1ccc(CO)cc1. The predicted octanol–water partition coefficient (Wildman–Crippen LogP) is 7.21. The molecular formula is C33H46N6O8. The van der Waals surface area contributed by atoms with Gasteiger partial charge in [-0.15, -0.1) is 0 Å². The van der Waals surface area contributed by atoms with Crippen LogP contribution in [0.5, 0.6) is 11.5 Å². The van der Waals surface area contributed by atoms with Crippen LogP contribution in [0.4, 0.5) is 0 Å². The molecule has 0 aromatic heterocycles. The number of aliphatic hydroxyl groups is 3. The summed E-state index contributed by atoms with van der Waals surface area (Å²) < 4.78 is 15.1. The standard InChI is InChI=1S/C13H17N3O3.C7H8O2.C7H8O.C6H11N3O2.H2/c14-16-15-9-3-1-2-4-13(18)19-12-7-5-11(10-17)6-8-12;8-5-6-1-3-7(9)4-2-6;8-6-7-4-2-1-3-5-7;7-9-8-5-3-1-2-4-6(10)11;/h5-8,17H,1-4,9-10H2;1-4,8-9H,5H2;1-5,8H,6H2;1-5H2,(H,10,11);1H/i;;;;1+2T. The van der Waals surface area contributed by atoms with Crippen molar-refractivity contribution in [3.05, 3.63) is 116 Å². The summed E-state index contributed by atoms with van der Waals surface area (Å²) >= 11 is 0. The zero-order chi connectivity index (χ0) is 37.0. The molecule has 14 nitrogen and oxygen atoms in total. The summed E-state index contributed by atoms with van der Waals surface area (Å²) in [4.78, 5) is 26.7. The van der Waals surface area contributed by atoms with Crippen molar-refractivity contribution in [2.75, 3.05) is 13.1 Å². The van der Waals surface area contributed by atoms with Crippen molar-refractivity contribution in [1.82, 2.24) is 0 Å². The van der Waals surface area contributed by atoms with E-state index in [9.17, 15) is 9.59 Å². The molecule has 256 valence electrons. The van der Waals surface area contributed by atoms with Crippen molar-refractivity contribution < 1.29 is 42.8 Å². The van der Waals surface area contributed by atoms with Crippen LogP contribution in [0.15, 0.2) is 89.1 Å². The molecular weight excluding hydrogens is 608 g/mol. The monoisotopic (exact) mass is 658 g/mol. The third kappa shape index (κ3) is 25.9. The Hall–Kier alpha value is -5.10. The van der Waals surface area contributed by atoms with Crippen molar-refractivity contribution in [3.8, 4) is 11.5 Å². The van der Waals surface area contributed by atoms with Crippen LogP contribution in [0.3, 0.4) is 0 Å². The van der Waals surface area contributed by atoms with Crippen molar-refractivity contribution >= 4 is 11.9 Å². The Labute approximate surface area is 277 Å². The van der Waals surface area contributed by atoms with Crippen LogP contribution < -0.4 is 4.74 Å². The molecule has 0 spiro atoms. The van der Waals surface area contributed by atoms with Crippen LogP contribution in [0.1, 0.15) is 71.0 Å². The molecule has 0 saturated heterocycles. The second kappa shape index (κ2) is 29.6. The van der Waals surface area contributed by atoms with E-state index in [1.54, 1.807) is 48.5 Å². The molecule has 0 bridgehead atoms. The summed E-state index contributed by atoms with van der Waals surface area (Å²) in [5.41, 5.74) is 18.5. The second-order valence-corrected chi connectivity index (χ2v) is 9.67. The molecule has 14 heteroatoms.